The molecule has 1 amide bonds. The Morgan fingerprint density at radius 3 is 2.67 bits per heavy atom. The van der Waals surface area contributed by atoms with Crippen LogP contribution in [0.15, 0.2) is 30.7 Å². The van der Waals surface area contributed by atoms with E-state index in [1.54, 1.807) is 0 Å². The third-order valence-electron chi connectivity index (χ3n) is 4.59. The Kier molecular flexibility index (Phi) is 2.39. The molecule has 0 N–H and O–H groups in total. The number of nitrogens with zero attached hydrogens (tertiary/aromatic N) is 3. The number of benzene rings is 1. The summed E-state index contributed by atoms with van der Waals surface area (Å²) in [5, 5.41) is 0. The highest BCUT2D eigenvalue weighted by molar-refractivity contribution is 6.08. The van der Waals surface area contributed by atoms with E-state index in [-0.39, 0.29) is 5.91 Å². The number of fused-ring (bicyclic) bond motifs is 1. The first kappa shape index (κ1) is 12.6. The Hall–Kier alpha value is -2.10. The molecule has 0 radical (unpaired) electrons. The van der Waals surface area contributed by atoms with Crippen molar-refractivity contribution in [1.29, 1.82) is 0 Å². The molecule has 2 heterocycles. The van der Waals surface area contributed by atoms with Crippen LogP contribution in [0, 0.1) is 6.92 Å². The van der Waals surface area contributed by atoms with Gasteiger partial charge in [0.1, 0.15) is 0 Å². The summed E-state index contributed by atoms with van der Waals surface area (Å²) in [6, 6.07) is 6.70. The molecule has 4 heteroatoms. The zero-order chi connectivity index (χ0) is 14.8. The summed E-state index contributed by atoms with van der Waals surface area (Å²) < 4.78 is 2.01. The molecule has 21 heavy (non-hydrogen) atoms. The van der Waals surface area contributed by atoms with Gasteiger partial charge in [0.2, 0.25) is 5.91 Å². The summed E-state index contributed by atoms with van der Waals surface area (Å²) in [5.74, 6) is 0.235. The summed E-state index contributed by atoms with van der Waals surface area (Å²) in [7, 11) is 0. The Morgan fingerprint density at radius 2 is 2.05 bits per heavy atom. The van der Waals surface area contributed by atoms with Crippen molar-refractivity contribution >= 4 is 11.6 Å². The number of aromatic nitrogens is 2. The number of rotatable bonds is 2. The van der Waals surface area contributed by atoms with E-state index in [0.717, 1.165) is 35.5 Å². The number of hydrogen-bond donors (Lipinski definition) is 0. The van der Waals surface area contributed by atoms with Crippen LogP contribution in [0.5, 0.6) is 0 Å². The Balaban J connectivity index is 1.86. The van der Waals surface area contributed by atoms with Gasteiger partial charge in [0, 0.05) is 17.9 Å². The van der Waals surface area contributed by atoms with E-state index in [0.29, 0.717) is 6.04 Å². The third kappa shape index (κ3) is 1.75. The third-order valence-corrected chi connectivity index (χ3v) is 4.59. The number of carbonyl (C=O) groups excluding carboxylic acids is 1. The average Bonchev–Trinajstić information content (AvgIpc) is 3.15. The Labute approximate surface area is 124 Å². The number of aryl methyl sites for hydroxylation is 1. The van der Waals surface area contributed by atoms with Crippen molar-refractivity contribution in [1.82, 2.24) is 9.55 Å². The van der Waals surface area contributed by atoms with Gasteiger partial charge in [0.05, 0.1) is 23.1 Å². The predicted octanol–water partition coefficient (Wildman–Crippen LogP) is 2.97. The maximum absolute atomic E-state index is 12.7. The maximum atomic E-state index is 12.7. The molecular formula is C17H19N3O. The van der Waals surface area contributed by atoms with Crippen LogP contribution in [-0.4, -0.2) is 21.5 Å². The molecule has 0 spiro atoms. The summed E-state index contributed by atoms with van der Waals surface area (Å²) in [6.07, 6.45) is 6.07. The SMILES string of the molecule is Cc1cn(-c2ccc3c(c2)N(C2CC2)C(=O)C3(C)C)cn1. The summed E-state index contributed by atoms with van der Waals surface area (Å²) in [6.45, 7) is 6.03. The van der Waals surface area contributed by atoms with Crippen LogP contribution in [0.4, 0.5) is 5.69 Å². The second kappa shape index (κ2) is 3.97. The summed E-state index contributed by atoms with van der Waals surface area (Å²) in [4.78, 5) is 19.0. The minimum Gasteiger partial charge on any atom is -0.308 e. The van der Waals surface area contributed by atoms with Gasteiger partial charge in [0.25, 0.3) is 0 Å². The van der Waals surface area contributed by atoms with Crippen molar-refractivity contribution in [3.8, 4) is 5.69 Å². The van der Waals surface area contributed by atoms with Gasteiger partial charge in [-0.05, 0) is 51.3 Å². The first-order chi connectivity index (χ1) is 9.98. The number of imidazole rings is 1. The molecule has 1 aromatic carbocycles. The molecule has 0 saturated heterocycles. The molecule has 2 aromatic rings. The van der Waals surface area contributed by atoms with Gasteiger partial charge in [0.15, 0.2) is 0 Å². The van der Waals surface area contributed by atoms with Crippen molar-refractivity contribution in [2.45, 2.75) is 45.1 Å². The Bertz CT molecular complexity index is 740. The van der Waals surface area contributed by atoms with E-state index in [2.05, 4.69) is 23.2 Å². The smallest absolute Gasteiger partial charge is 0.237 e. The van der Waals surface area contributed by atoms with E-state index >= 15 is 0 Å². The van der Waals surface area contributed by atoms with Gasteiger partial charge >= 0.3 is 0 Å². The lowest BCUT2D eigenvalue weighted by molar-refractivity contribution is -0.122. The van der Waals surface area contributed by atoms with Gasteiger partial charge in [-0.1, -0.05) is 6.07 Å². The number of hydrogen-bond acceptors (Lipinski definition) is 2. The van der Waals surface area contributed by atoms with Crippen molar-refractivity contribution < 1.29 is 4.79 Å². The van der Waals surface area contributed by atoms with Gasteiger partial charge in [-0.15, -0.1) is 0 Å². The van der Waals surface area contributed by atoms with Crippen molar-refractivity contribution in [2.75, 3.05) is 4.90 Å². The fourth-order valence-electron chi connectivity index (χ4n) is 3.19. The molecule has 1 aliphatic heterocycles. The van der Waals surface area contributed by atoms with E-state index in [4.69, 9.17) is 0 Å². The molecular weight excluding hydrogens is 262 g/mol. The minimum absolute atomic E-state index is 0.235. The molecule has 0 atom stereocenters. The number of carbonyl (C=O) groups is 1. The first-order valence-corrected chi connectivity index (χ1v) is 7.47. The lowest BCUT2D eigenvalue weighted by Gasteiger charge is -2.19. The molecule has 0 bridgehead atoms. The van der Waals surface area contributed by atoms with E-state index in [1.807, 2.05) is 42.8 Å². The first-order valence-electron chi connectivity index (χ1n) is 7.47. The highest BCUT2D eigenvalue weighted by Gasteiger charge is 2.48. The largest absolute Gasteiger partial charge is 0.308 e. The van der Waals surface area contributed by atoms with Gasteiger partial charge in [-0.3, -0.25) is 4.79 Å². The summed E-state index contributed by atoms with van der Waals surface area (Å²) >= 11 is 0. The molecule has 2 aliphatic rings. The van der Waals surface area contributed by atoms with Gasteiger partial charge < -0.3 is 9.47 Å². The summed E-state index contributed by atoms with van der Waals surface area (Å²) in [5.41, 5.74) is 3.86. The van der Waals surface area contributed by atoms with Crippen LogP contribution in [0.3, 0.4) is 0 Å². The fourth-order valence-corrected chi connectivity index (χ4v) is 3.19. The normalized spacial score (nSPS) is 20.0. The zero-order valence-corrected chi connectivity index (χ0v) is 12.6. The molecule has 1 aromatic heterocycles. The van der Waals surface area contributed by atoms with Crippen molar-refractivity contribution in [2.24, 2.45) is 0 Å². The van der Waals surface area contributed by atoms with Crippen LogP contribution in [0.1, 0.15) is 37.9 Å². The molecule has 108 valence electrons. The van der Waals surface area contributed by atoms with Crippen LogP contribution in [0.2, 0.25) is 0 Å². The van der Waals surface area contributed by atoms with Crippen LogP contribution >= 0.6 is 0 Å². The lowest BCUT2D eigenvalue weighted by Crippen LogP contribution is -2.37. The van der Waals surface area contributed by atoms with Crippen molar-refractivity contribution in [3.63, 3.8) is 0 Å². The number of anilines is 1. The molecule has 1 aliphatic carbocycles. The quantitative estimate of drug-likeness (QED) is 0.848. The van der Waals surface area contributed by atoms with E-state index in [9.17, 15) is 4.79 Å². The predicted molar refractivity (Wildman–Crippen MR) is 81.8 cm³/mol. The maximum Gasteiger partial charge on any atom is 0.237 e. The monoisotopic (exact) mass is 281 g/mol. The highest BCUT2D eigenvalue weighted by atomic mass is 16.2. The second-order valence-corrected chi connectivity index (χ2v) is 6.66. The van der Waals surface area contributed by atoms with Crippen LogP contribution < -0.4 is 4.90 Å². The van der Waals surface area contributed by atoms with Crippen LogP contribution in [-0.2, 0) is 10.2 Å². The number of amides is 1. The molecule has 1 fully saturated rings. The lowest BCUT2D eigenvalue weighted by atomic mass is 9.86. The topological polar surface area (TPSA) is 38.1 Å². The second-order valence-electron chi connectivity index (χ2n) is 6.66. The highest BCUT2D eigenvalue weighted by Crippen LogP contribution is 2.47. The average molecular weight is 281 g/mol. The molecule has 4 nitrogen and oxygen atoms in total. The van der Waals surface area contributed by atoms with E-state index in [1.165, 1.54) is 0 Å². The van der Waals surface area contributed by atoms with Gasteiger partial charge in [-0.2, -0.15) is 0 Å². The Morgan fingerprint density at radius 1 is 1.29 bits per heavy atom. The standard InChI is InChI=1S/C17H19N3O/c1-11-9-19(10-18-11)13-6-7-14-15(8-13)20(12-4-5-12)16(21)17(14,2)3/h6-10,12H,4-5H2,1-3H3. The van der Waals surface area contributed by atoms with Crippen molar-refractivity contribution in [3.05, 3.63) is 42.0 Å². The fraction of sp³-hybridized carbons (Fsp3) is 0.412. The van der Waals surface area contributed by atoms with Gasteiger partial charge in [-0.25, -0.2) is 4.98 Å². The van der Waals surface area contributed by atoms with E-state index < -0.39 is 5.41 Å². The molecule has 0 unspecified atom stereocenters. The molecule has 1 saturated carbocycles. The minimum atomic E-state index is -0.415. The zero-order valence-electron chi connectivity index (χ0n) is 12.6. The molecule has 4 rings (SSSR count). The van der Waals surface area contributed by atoms with Crippen LogP contribution in [0.25, 0.3) is 5.69 Å².